The first-order valence-corrected chi connectivity index (χ1v) is 5.71. The first-order chi connectivity index (χ1) is 8.26. The minimum absolute atomic E-state index is 0.201. The predicted octanol–water partition coefficient (Wildman–Crippen LogP) is 2.43. The second-order valence-electron chi connectivity index (χ2n) is 3.88. The van der Waals surface area contributed by atoms with E-state index in [4.69, 9.17) is 0 Å². The summed E-state index contributed by atoms with van der Waals surface area (Å²) in [7, 11) is 1.85. The van der Waals surface area contributed by atoms with E-state index < -0.39 is 0 Å². The predicted molar refractivity (Wildman–Crippen MR) is 66.1 cm³/mol. The second-order valence-corrected chi connectivity index (χ2v) is 3.88. The highest BCUT2D eigenvalue weighted by Crippen LogP contribution is 2.23. The van der Waals surface area contributed by atoms with Crippen LogP contribution in [0, 0.1) is 5.82 Å². The van der Waals surface area contributed by atoms with Crippen LogP contribution in [0.2, 0.25) is 0 Å². The zero-order valence-corrected chi connectivity index (χ0v) is 10.1. The van der Waals surface area contributed by atoms with Crippen LogP contribution in [0.25, 0.3) is 11.3 Å². The molecule has 4 heteroatoms. The molecule has 17 heavy (non-hydrogen) atoms. The van der Waals surface area contributed by atoms with Crippen molar-refractivity contribution in [2.75, 3.05) is 7.05 Å². The van der Waals surface area contributed by atoms with Crippen LogP contribution >= 0.6 is 0 Å². The number of nitrogens with one attached hydrogen (secondary N) is 1. The molecule has 1 heterocycles. The van der Waals surface area contributed by atoms with Gasteiger partial charge in [-0.25, -0.2) is 4.39 Å². The molecule has 0 radical (unpaired) electrons. The van der Waals surface area contributed by atoms with Crippen molar-refractivity contribution in [3.63, 3.8) is 0 Å². The topological polar surface area (TPSA) is 29.9 Å². The van der Waals surface area contributed by atoms with E-state index >= 15 is 0 Å². The Labute approximate surface area is 100 Å². The third-order valence-electron chi connectivity index (χ3n) is 2.71. The number of hydrogen-bond acceptors (Lipinski definition) is 2. The van der Waals surface area contributed by atoms with E-state index in [0.717, 1.165) is 17.8 Å². The van der Waals surface area contributed by atoms with Gasteiger partial charge in [-0.1, -0.05) is 6.07 Å². The van der Waals surface area contributed by atoms with Crippen LogP contribution < -0.4 is 5.32 Å². The van der Waals surface area contributed by atoms with Crippen LogP contribution in [0.4, 0.5) is 4.39 Å². The molecule has 0 bridgehead atoms. The average molecular weight is 233 g/mol. The van der Waals surface area contributed by atoms with Crippen LogP contribution in [0.1, 0.15) is 12.5 Å². The van der Waals surface area contributed by atoms with Gasteiger partial charge >= 0.3 is 0 Å². The Kier molecular flexibility index (Phi) is 3.54. The number of rotatable bonds is 4. The first-order valence-electron chi connectivity index (χ1n) is 5.71. The lowest BCUT2D eigenvalue weighted by molar-refractivity contribution is 0.618. The molecule has 0 unspecified atom stereocenters. The van der Waals surface area contributed by atoms with E-state index in [0.29, 0.717) is 12.1 Å². The Morgan fingerprint density at radius 1 is 1.35 bits per heavy atom. The molecule has 2 aromatic rings. The average Bonchev–Trinajstić information content (AvgIpc) is 2.77. The lowest BCUT2D eigenvalue weighted by atomic mass is 10.1. The van der Waals surface area contributed by atoms with Crippen molar-refractivity contribution in [3.05, 3.63) is 41.8 Å². The Morgan fingerprint density at radius 2 is 2.18 bits per heavy atom. The van der Waals surface area contributed by atoms with Gasteiger partial charge in [-0.15, -0.1) is 0 Å². The number of hydrogen-bond donors (Lipinski definition) is 1. The number of aryl methyl sites for hydroxylation is 1. The third kappa shape index (κ3) is 2.36. The zero-order chi connectivity index (χ0) is 12.3. The van der Waals surface area contributed by atoms with E-state index in [9.17, 15) is 4.39 Å². The summed E-state index contributed by atoms with van der Waals surface area (Å²) in [5, 5.41) is 7.15. The SMILES string of the molecule is CCn1nccc1-c1ccc(CNC)cc1F. The van der Waals surface area contributed by atoms with E-state index in [1.165, 1.54) is 0 Å². The van der Waals surface area contributed by atoms with Crippen LogP contribution in [-0.4, -0.2) is 16.8 Å². The summed E-state index contributed by atoms with van der Waals surface area (Å²) in [6.07, 6.45) is 1.69. The number of nitrogens with zero attached hydrogens (tertiary/aromatic N) is 2. The molecule has 0 atom stereocenters. The van der Waals surface area contributed by atoms with Crippen molar-refractivity contribution in [2.24, 2.45) is 0 Å². The zero-order valence-electron chi connectivity index (χ0n) is 10.1. The summed E-state index contributed by atoms with van der Waals surface area (Å²) in [5.41, 5.74) is 2.36. The summed E-state index contributed by atoms with van der Waals surface area (Å²) in [6.45, 7) is 3.40. The fourth-order valence-corrected chi connectivity index (χ4v) is 1.89. The monoisotopic (exact) mass is 233 g/mol. The van der Waals surface area contributed by atoms with E-state index in [1.807, 2.05) is 32.2 Å². The highest BCUT2D eigenvalue weighted by Gasteiger charge is 2.09. The smallest absolute Gasteiger partial charge is 0.132 e. The molecule has 1 aromatic heterocycles. The minimum Gasteiger partial charge on any atom is -0.316 e. The summed E-state index contributed by atoms with van der Waals surface area (Å²) in [6, 6.07) is 7.14. The minimum atomic E-state index is -0.201. The van der Waals surface area contributed by atoms with Gasteiger partial charge in [-0.05, 0) is 37.7 Å². The van der Waals surface area contributed by atoms with Gasteiger partial charge in [0, 0.05) is 24.8 Å². The lowest BCUT2D eigenvalue weighted by Crippen LogP contribution is -2.06. The van der Waals surface area contributed by atoms with Crippen LogP contribution in [0.3, 0.4) is 0 Å². The first kappa shape index (κ1) is 11.8. The van der Waals surface area contributed by atoms with Crippen molar-refractivity contribution in [1.29, 1.82) is 0 Å². The molecule has 0 saturated carbocycles. The number of benzene rings is 1. The van der Waals surface area contributed by atoms with Crippen LogP contribution in [0.15, 0.2) is 30.5 Å². The normalized spacial score (nSPS) is 10.8. The van der Waals surface area contributed by atoms with Gasteiger partial charge in [0.1, 0.15) is 5.82 Å². The van der Waals surface area contributed by atoms with E-state index in [2.05, 4.69) is 10.4 Å². The Hall–Kier alpha value is -1.68. The maximum Gasteiger partial charge on any atom is 0.132 e. The van der Waals surface area contributed by atoms with E-state index in [1.54, 1.807) is 16.9 Å². The Balaban J connectivity index is 2.39. The second kappa shape index (κ2) is 5.10. The molecule has 1 aromatic carbocycles. The molecule has 2 rings (SSSR count). The molecule has 90 valence electrons. The molecule has 0 spiro atoms. The highest BCUT2D eigenvalue weighted by atomic mass is 19.1. The van der Waals surface area contributed by atoms with Crippen LogP contribution in [-0.2, 0) is 13.1 Å². The van der Waals surface area contributed by atoms with Gasteiger partial charge in [0.2, 0.25) is 0 Å². The summed E-state index contributed by atoms with van der Waals surface area (Å²) < 4.78 is 15.8. The van der Waals surface area contributed by atoms with Crippen molar-refractivity contribution in [3.8, 4) is 11.3 Å². The Morgan fingerprint density at radius 3 is 2.82 bits per heavy atom. The van der Waals surface area contributed by atoms with Crippen molar-refractivity contribution in [2.45, 2.75) is 20.0 Å². The molecule has 0 aliphatic heterocycles. The summed E-state index contributed by atoms with van der Waals surface area (Å²) in [5.74, 6) is -0.201. The van der Waals surface area contributed by atoms with Gasteiger partial charge in [-0.3, -0.25) is 4.68 Å². The summed E-state index contributed by atoms with van der Waals surface area (Å²) in [4.78, 5) is 0. The molecule has 0 aliphatic rings. The molecule has 0 amide bonds. The Bertz CT molecular complexity index is 505. The standard InChI is InChI=1S/C13H16FN3/c1-3-17-13(6-7-16-17)11-5-4-10(9-15-2)8-12(11)14/h4-8,15H,3,9H2,1-2H3. The van der Waals surface area contributed by atoms with Crippen molar-refractivity contribution >= 4 is 0 Å². The maximum atomic E-state index is 14.0. The van der Waals surface area contributed by atoms with Crippen LogP contribution in [0.5, 0.6) is 0 Å². The van der Waals surface area contributed by atoms with Gasteiger partial charge in [0.25, 0.3) is 0 Å². The molecule has 0 saturated heterocycles. The highest BCUT2D eigenvalue weighted by molar-refractivity contribution is 5.60. The number of aromatic nitrogens is 2. The molecule has 0 aliphatic carbocycles. The number of halogens is 1. The molecular formula is C13H16FN3. The maximum absolute atomic E-state index is 14.0. The van der Waals surface area contributed by atoms with Crippen molar-refractivity contribution in [1.82, 2.24) is 15.1 Å². The third-order valence-corrected chi connectivity index (χ3v) is 2.71. The van der Waals surface area contributed by atoms with Gasteiger partial charge < -0.3 is 5.32 Å². The molecule has 3 nitrogen and oxygen atoms in total. The van der Waals surface area contributed by atoms with Gasteiger partial charge in [0.15, 0.2) is 0 Å². The van der Waals surface area contributed by atoms with E-state index in [-0.39, 0.29) is 5.82 Å². The summed E-state index contributed by atoms with van der Waals surface area (Å²) >= 11 is 0. The van der Waals surface area contributed by atoms with Gasteiger partial charge in [-0.2, -0.15) is 5.10 Å². The van der Waals surface area contributed by atoms with Gasteiger partial charge in [0.05, 0.1) is 5.69 Å². The fourth-order valence-electron chi connectivity index (χ4n) is 1.89. The molecular weight excluding hydrogens is 217 g/mol. The quantitative estimate of drug-likeness (QED) is 0.879. The molecule has 1 N–H and O–H groups in total. The molecule has 0 fully saturated rings. The van der Waals surface area contributed by atoms with Crippen molar-refractivity contribution < 1.29 is 4.39 Å². The largest absolute Gasteiger partial charge is 0.316 e. The lowest BCUT2D eigenvalue weighted by Gasteiger charge is -2.08. The fraction of sp³-hybridized carbons (Fsp3) is 0.308.